The molecule has 4 nitrogen and oxygen atoms in total. The molecule has 128 valence electrons. The number of methoxy groups -OCH3 is 1. The minimum absolute atomic E-state index is 0.0392. The van der Waals surface area contributed by atoms with Gasteiger partial charge in [0.1, 0.15) is 5.75 Å². The third-order valence-corrected chi connectivity index (χ3v) is 5.16. The molecule has 0 saturated heterocycles. The monoisotopic (exact) mass is 319 g/mol. The summed E-state index contributed by atoms with van der Waals surface area (Å²) in [5.74, 6) is 0.935. The Kier molecular flexibility index (Phi) is 6.05. The molecule has 0 spiro atoms. The molecule has 0 bridgehead atoms. The van der Waals surface area contributed by atoms with Crippen LogP contribution in [-0.4, -0.2) is 30.8 Å². The van der Waals surface area contributed by atoms with Gasteiger partial charge in [0, 0.05) is 12.6 Å². The molecule has 0 aromatic heterocycles. The minimum atomic E-state index is -0.455. The van der Waals surface area contributed by atoms with E-state index in [9.17, 15) is 4.79 Å². The van der Waals surface area contributed by atoms with Crippen LogP contribution in [0.25, 0.3) is 0 Å². The van der Waals surface area contributed by atoms with Gasteiger partial charge in [-0.3, -0.25) is 4.79 Å². The Balaban J connectivity index is 2.30. The summed E-state index contributed by atoms with van der Waals surface area (Å²) in [6.45, 7) is 4.15. The van der Waals surface area contributed by atoms with Crippen LogP contribution in [0.15, 0.2) is 18.2 Å². The van der Waals surface area contributed by atoms with E-state index in [0.717, 1.165) is 49.0 Å². The van der Waals surface area contributed by atoms with Crippen LogP contribution in [0.2, 0.25) is 0 Å². The van der Waals surface area contributed by atoms with Gasteiger partial charge in [0.2, 0.25) is 5.91 Å². The molecule has 1 fully saturated rings. The number of benzene rings is 1. The average molecular weight is 319 g/mol. The van der Waals surface area contributed by atoms with E-state index in [2.05, 4.69) is 11.4 Å². The molecule has 0 aliphatic heterocycles. The first-order valence-electron chi connectivity index (χ1n) is 8.64. The summed E-state index contributed by atoms with van der Waals surface area (Å²) in [5, 5.41) is 12.3. The second-order valence-electron chi connectivity index (χ2n) is 6.56. The summed E-state index contributed by atoms with van der Waals surface area (Å²) in [7, 11) is 1.67. The van der Waals surface area contributed by atoms with Gasteiger partial charge in [-0.1, -0.05) is 31.9 Å². The van der Waals surface area contributed by atoms with Gasteiger partial charge in [0.25, 0.3) is 0 Å². The molecule has 1 aliphatic rings. The number of carbonyl (C=O) groups excluding carboxylic acids is 1. The highest BCUT2D eigenvalue weighted by molar-refractivity contribution is 5.89. The lowest BCUT2D eigenvalue weighted by atomic mass is 9.77. The normalized spacial score (nSPS) is 17.7. The van der Waals surface area contributed by atoms with Crippen molar-refractivity contribution in [2.75, 3.05) is 13.7 Å². The number of hydrogen-bond donors (Lipinski definition) is 2. The van der Waals surface area contributed by atoms with E-state index in [1.807, 2.05) is 26.0 Å². The molecule has 0 heterocycles. The fourth-order valence-corrected chi connectivity index (χ4v) is 3.60. The second kappa shape index (κ2) is 7.82. The summed E-state index contributed by atoms with van der Waals surface area (Å²) in [4.78, 5) is 13.1. The van der Waals surface area contributed by atoms with Crippen LogP contribution in [0.5, 0.6) is 5.75 Å². The number of ether oxygens (including phenoxy) is 1. The molecule has 1 aromatic carbocycles. The largest absolute Gasteiger partial charge is 0.496 e. The Hall–Kier alpha value is -1.55. The quantitative estimate of drug-likeness (QED) is 0.812. The first-order chi connectivity index (χ1) is 11.1. The van der Waals surface area contributed by atoms with E-state index in [-0.39, 0.29) is 18.6 Å². The first-order valence-corrected chi connectivity index (χ1v) is 8.64. The maximum Gasteiger partial charge on any atom is 0.230 e. The zero-order valence-electron chi connectivity index (χ0n) is 14.5. The fourth-order valence-electron chi connectivity index (χ4n) is 3.60. The maximum absolute atomic E-state index is 13.1. The molecule has 2 N–H and O–H groups in total. The van der Waals surface area contributed by atoms with Crippen molar-refractivity contribution in [1.29, 1.82) is 0 Å². The van der Waals surface area contributed by atoms with Crippen molar-refractivity contribution in [3.63, 3.8) is 0 Å². The molecular formula is C19H29NO3. The van der Waals surface area contributed by atoms with Gasteiger partial charge < -0.3 is 15.2 Å². The SMILES string of the molecule is CCC(CCO)NC(=O)C1(c2ccc(C)c(OC)c2)CCCC1. The smallest absolute Gasteiger partial charge is 0.230 e. The van der Waals surface area contributed by atoms with Crippen molar-refractivity contribution >= 4 is 5.91 Å². The van der Waals surface area contributed by atoms with Crippen molar-refractivity contribution < 1.29 is 14.6 Å². The summed E-state index contributed by atoms with van der Waals surface area (Å²) in [6.07, 6.45) is 5.33. The predicted octanol–water partition coefficient (Wildman–Crippen LogP) is 3.09. The molecule has 0 radical (unpaired) electrons. The topological polar surface area (TPSA) is 58.6 Å². The van der Waals surface area contributed by atoms with Crippen LogP contribution in [0, 0.1) is 6.92 Å². The standard InChI is InChI=1S/C19H29NO3/c1-4-16(9-12-21)20-18(22)19(10-5-6-11-19)15-8-7-14(2)17(13-15)23-3/h7-8,13,16,21H,4-6,9-12H2,1-3H3,(H,20,22). The molecule has 2 rings (SSSR count). The molecule has 23 heavy (non-hydrogen) atoms. The van der Waals surface area contributed by atoms with Crippen molar-refractivity contribution in [2.45, 2.75) is 63.8 Å². The highest BCUT2D eigenvalue weighted by atomic mass is 16.5. The molecule has 1 amide bonds. The van der Waals surface area contributed by atoms with E-state index in [1.54, 1.807) is 7.11 Å². The zero-order chi connectivity index (χ0) is 16.9. The van der Waals surface area contributed by atoms with Crippen molar-refractivity contribution in [1.82, 2.24) is 5.32 Å². The van der Waals surface area contributed by atoms with Crippen molar-refractivity contribution in [3.05, 3.63) is 29.3 Å². The summed E-state index contributed by atoms with van der Waals surface area (Å²) < 4.78 is 5.45. The van der Waals surface area contributed by atoms with Crippen molar-refractivity contribution in [3.8, 4) is 5.75 Å². The van der Waals surface area contributed by atoms with Crippen molar-refractivity contribution in [2.24, 2.45) is 0 Å². The van der Waals surface area contributed by atoms with Gasteiger partial charge in [-0.05, 0) is 49.8 Å². The van der Waals surface area contributed by atoms with Gasteiger partial charge in [0.05, 0.1) is 12.5 Å². The lowest BCUT2D eigenvalue weighted by molar-refractivity contribution is -0.127. The molecule has 1 aromatic rings. The number of aryl methyl sites for hydroxylation is 1. The Labute approximate surface area is 139 Å². The molecule has 1 atom stereocenters. The average Bonchev–Trinajstić information content (AvgIpc) is 3.05. The van der Waals surface area contributed by atoms with E-state index >= 15 is 0 Å². The van der Waals surface area contributed by atoms with E-state index in [4.69, 9.17) is 9.84 Å². The Bertz CT molecular complexity index is 535. The van der Waals surface area contributed by atoms with E-state index < -0.39 is 5.41 Å². The molecule has 1 aliphatic carbocycles. The lowest BCUT2D eigenvalue weighted by Crippen LogP contribution is -2.47. The van der Waals surface area contributed by atoms with Crippen LogP contribution in [0.4, 0.5) is 0 Å². The first kappa shape index (κ1) is 17.8. The Morgan fingerprint density at radius 3 is 2.65 bits per heavy atom. The van der Waals surface area contributed by atoms with Crippen LogP contribution in [-0.2, 0) is 10.2 Å². The summed E-state index contributed by atoms with van der Waals surface area (Å²) in [6, 6.07) is 6.16. The van der Waals surface area contributed by atoms with Gasteiger partial charge in [-0.2, -0.15) is 0 Å². The number of nitrogens with one attached hydrogen (secondary N) is 1. The van der Waals surface area contributed by atoms with Gasteiger partial charge in [0.15, 0.2) is 0 Å². The lowest BCUT2D eigenvalue weighted by Gasteiger charge is -2.31. The highest BCUT2D eigenvalue weighted by Crippen LogP contribution is 2.43. The number of amides is 1. The number of aliphatic hydroxyl groups is 1. The molecule has 1 saturated carbocycles. The number of rotatable bonds is 7. The predicted molar refractivity (Wildman–Crippen MR) is 91.8 cm³/mol. The third-order valence-electron chi connectivity index (χ3n) is 5.16. The molecule has 1 unspecified atom stereocenters. The Morgan fingerprint density at radius 1 is 1.39 bits per heavy atom. The van der Waals surface area contributed by atoms with Gasteiger partial charge in [-0.25, -0.2) is 0 Å². The van der Waals surface area contributed by atoms with Gasteiger partial charge in [-0.15, -0.1) is 0 Å². The van der Waals surface area contributed by atoms with Crippen LogP contribution >= 0.6 is 0 Å². The van der Waals surface area contributed by atoms with E-state index in [0.29, 0.717) is 6.42 Å². The van der Waals surface area contributed by atoms with Gasteiger partial charge >= 0.3 is 0 Å². The summed E-state index contributed by atoms with van der Waals surface area (Å²) in [5.41, 5.74) is 1.68. The minimum Gasteiger partial charge on any atom is -0.496 e. The van der Waals surface area contributed by atoms with Crippen LogP contribution < -0.4 is 10.1 Å². The summed E-state index contributed by atoms with van der Waals surface area (Å²) >= 11 is 0. The third kappa shape index (κ3) is 3.69. The van der Waals surface area contributed by atoms with E-state index in [1.165, 1.54) is 0 Å². The molecular weight excluding hydrogens is 290 g/mol. The molecule has 4 heteroatoms. The fraction of sp³-hybridized carbons (Fsp3) is 0.632. The maximum atomic E-state index is 13.1. The second-order valence-corrected chi connectivity index (χ2v) is 6.56. The highest BCUT2D eigenvalue weighted by Gasteiger charge is 2.43. The Morgan fingerprint density at radius 2 is 2.09 bits per heavy atom. The number of carbonyl (C=O) groups is 1. The van der Waals surface area contributed by atoms with Crippen LogP contribution in [0.3, 0.4) is 0 Å². The number of aliphatic hydroxyl groups excluding tert-OH is 1. The number of hydrogen-bond acceptors (Lipinski definition) is 3. The van der Waals surface area contributed by atoms with Crippen LogP contribution in [0.1, 0.15) is 56.6 Å². The zero-order valence-corrected chi connectivity index (χ0v) is 14.5.